The molecule has 0 radical (unpaired) electrons. The standard InChI is InChI=1S/C13H16FNO5S/c1-8-7-20-9(2)6-15(8)21(18,19)10-3-4-12(14)11(5-10)13(16)17/h3-5,8-9H,6-7H2,1-2H3,(H,16,17). The first-order valence-corrected chi connectivity index (χ1v) is 7.83. The van der Waals surface area contributed by atoms with Gasteiger partial charge >= 0.3 is 5.97 Å². The quantitative estimate of drug-likeness (QED) is 0.909. The van der Waals surface area contributed by atoms with Gasteiger partial charge in [-0.1, -0.05) is 0 Å². The van der Waals surface area contributed by atoms with Crippen LogP contribution in [0.25, 0.3) is 0 Å². The number of rotatable bonds is 3. The van der Waals surface area contributed by atoms with E-state index in [1.165, 1.54) is 4.31 Å². The van der Waals surface area contributed by atoms with E-state index in [-0.39, 0.29) is 30.2 Å². The lowest BCUT2D eigenvalue weighted by Gasteiger charge is -2.35. The van der Waals surface area contributed by atoms with E-state index < -0.39 is 27.4 Å². The number of carbonyl (C=O) groups is 1. The molecule has 0 spiro atoms. The van der Waals surface area contributed by atoms with E-state index in [4.69, 9.17) is 9.84 Å². The summed E-state index contributed by atoms with van der Waals surface area (Å²) in [6.07, 6.45) is -0.254. The van der Waals surface area contributed by atoms with Crippen molar-refractivity contribution >= 4 is 16.0 Å². The molecular weight excluding hydrogens is 301 g/mol. The first-order chi connectivity index (χ1) is 9.73. The van der Waals surface area contributed by atoms with Gasteiger partial charge in [0.15, 0.2) is 0 Å². The van der Waals surface area contributed by atoms with Crippen LogP contribution in [0.3, 0.4) is 0 Å². The fourth-order valence-corrected chi connectivity index (χ4v) is 3.89. The van der Waals surface area contributed by atoms with Gasteiger partial charge in [-0.2, -0.15) is 4.31 Å². The SMILES string of the molecule is CC1CN(S(=O)(=O)c2ccc(F)c(C(=O)O)c2)C(C)CO1. The number of hydrogen-bond donors (Lipinski definition) is 1. The molecule has 1 aliphatic rings. The Hall–Kier alpha value is -1.51. The number of carboxylic acid groups (broad SMARTS) is 1. The number of benzene rings is 1. The highest BCUT2D eigenvalue weighted by Crippen LogP contribution is 2.24. The zero-order chi connectivity index (χ0) is 15.8. The molecule has 21 heavy (non-hydrogen) atoms. The normalized spacial score (nSPS) is 24.0. The largest absolute Gasteiger partial charge is 0.478 e. The van der Waals surface area contributed by atoms with Crippen LogP contribution in [0.4, 0.5) is 4.39 Å². The maximum absolute atomic E-state index is 13.4. The molecule has 1 N–H and O–H groups in total. The van der Waals surface area contributed by atoms with Crippen LogP contribution < -0.4 is 0 Å². The number of ether oxygens (including phenoxy) is 1. The minimum Gasteiger partial charge on any atom is -0.478 e. The minimum atomic E-state index is -3.89. The number of carboxylic acids is 1. The maximum Gasteiger partial charge on any atom is 0.338 e. The summed E-state index contributed by atoms with van der Waals surface area (Å²) < 4.78 is 45.2. The summed E-state index contributed by atoms with van der Waals surface area (Å²) >= 11 is 0. The average molecular weight is 317 g/mol. The number of morpholine rings is 1. The number of halogens is 1. The van der Waals surface area contributed by atoms with Gasteiger partial charge in [-0.25, -0.2) is 17.6 Å². The van der Waals surface area contributed by atoms with E-state index in [1.807, 2.05) is 0 Å². The Morgan fingerprint density at radius 1 is 1.43 bits per heavy atom. The molecule has 2 atom stereocenters. The van der Waals surface area contributed by atoms with Gasteiger partial charge in [0.05, 0.1) is 23.2 Å². The lowest BCUT2D eigenvalue weighted by Crippen LogP contribution is -2.50. The molecule has 0 bridgehead atoms. The highest BCUT2D eigenvalue weighted by molar-refractivity contribution is 7.89. The summed E-state index contributed by atoms with van der Waals surface area (Å²) in [6, 6.07) is 2.40. The topological polar surface area (TPSA) is 83.9 Å². The smallest absolute Gasteiger partial charge is 0.338 e. The van der Waals surface area contributed by atoms with Gasteiger partial charge in [-0.3, -0.25) is 0 Å². The van der Waals surface area contributed by atoms with Crippen LogP contribution in [-0.4, -0.2) is 49.1 Å². The third-order valence-corrected chi connectivity index (χ3v) is 5.30. The molecule has 8 heteroatoms. The van der Waals surface area contributed by atoms with E-state index in [2.05, 4.69) is 0 Å². The molecule has 1 aliphatic heterocycles. The average Bonchev–Trinajstić information content (AvgIpc) is 2.41. The Kier molecular flexibility index (Phi) is 4.31. The molecule has 1 heterocycles. The maximum atomic E-state index is 13.4. The monoisotopic (exact) mass is 317 g/mol. The predicted octanol–water partition coefficient (Wildman–Crippen LogP) is 1.32. The van der Waals surface area contributed by atoms with E-state index in [1.54, 1.807) is 13.8 Å². The van der Waals surface area contributed by atoms with Gasteiger partial charge in [-0.15, -0.1) is 0 Å². The van der Waals surface area contributed by atoms with Crippen LogP contribution >= 0.6 is 0 Å². The van der Waals surface area contributed by atoms with Crippen LogP contribution in [0.5, 0.6) is 0 Å². The van der Waals surface area contributed by atoms with Crippen molar-refractivity contribution in [2.24, 2.45) is 0 Å². The molecule has 0 aliphatic carbocycles. The third-order valence-electron chi connectivity index (χ3n) is 3.33. The Labute approximate surface area is 122 Å². The molecule has 0 amide bonds. The van der Waals surface area contributed by atoms with Crippen molar-refractivity contribution in [1.29, 1.82) is 0 Å². The Balaban J connectivity index is 2.44. The number of nitrogens with zero attached hydrogens (tertiary/aromatic N) is 1. The third kappa shape index (κ3) is 3.07. The fraction of sp³-hybridized carbons (Fsp3) is 0.462. The van der Waals surface area contributed by atoms with Crippen LogP contribution in [0.2, 0.25) is 0 Å². The minimum absolute atomic E-state index is 0.170. The highest BCUT2D eigenvalue weighted by atomic mass is 32.2. The number of aromatic carboxylic acids is 1. The molecule has 1 aromatic rings. The van der Waals surface area contributed by atoms with Crippen molar-refractivity contribution in [3.63, 3.8) is 0 Å². The van der Waals surface area contributed by atoms with E-state index in [9.17, 15) is 17.6 Å². The summed E-state index contributed by atoms with van der Waals surface area (Å²) in [6.45, 7) is 3.88. The van der Waals surface area contributed by atoms with Crippen LogP contribution in [-0.2, 0) is 14.8 Å². The van der Waals surface area contributed by atoms with Crippen molar-refractivity contribution in [2.45, 2.75) is 30.9 Å². The van der Waals surface area contributed by atoms with Crippen LogP contribution in [0.1, 0.15) is 24.2 Å². The van der Waals surface area contributed by atoms with Crippen molar-refractivity contribution in [3.8, 4) is 0 Å². The second kappa shape index (κ2) is 5.70. The van der Waals surface area contributed by atoms with Crippen molar-refractivity contribution < 1.29 is 27.4 Å². The number of sulfonamides is 1. The Bertz CT molecular complexity index is 661. The Morgan fingerprint density at radius 3 is 2.71 bits per heavy atom. The van der Waals surface area contributed by atoms with Gasteiger partial charge < -0.3 is 9.84 Å². The second-order valence-electron chi connectivity index (χ2n) is 5.01. The van der Waals surface area contributed by atoms with E-state index in [0.717, 1.165) is 18.2 Å². The summed E-state index contributed by atoms with van der Waals surface area (Å²) in [4.78, 5) is 10.7. The molecule has 6 nitrogen and oxygen atoms in total. The van der Waals surface area contributed by atoms with Gasteiger partial charge in [-0.05, 0) is 32.0 Å². The summed E-state index contributed by atoms with van der Waals surface area (Å²) in [5.74, 6) is -2.47. The first kappa shape index (κ1) is 15.9. The molecule has 2 unspecified atom stereocenters. The first-order valence-electron chi connectivity index (χ1n) is 6.39. The van der Waals surface area contributed by atoms with Gasteiger partial charge in [0.1, 0.15) is 5.82 Å². The van der Waals surface area contributed by atoms with Gasteiger partial charge in [0.2, 0.25) is 10.0 Å². The lowest BCUT2D eigenvalue weighted by molar-refractivity contribution is -0.0170. The summed E-state index contributed by atoms with van der Waals surface area (Å²) in [5.41, 5.74) is -0.662. The molecule has 0 saturated carbocycles. The molecule has 2 rings (SSSR count). The van der Waals surface area contributed by atoms with Gasteiger partial charge in [0, 0.05) is 12.6 Å². The second-order valence-corrected chi connectivity index (χ2v) is 6.91. The lowest BCUT2D eigenvalue weighted by atomic mass is 10.2. The Morgan fingerprint density at radius 2 is 2.10 bits per heavy atom. The molecule has 0 aromatic heterocycles. The molecule has 1 aromatic carbocycles. The zero-order valence-corrected chi connectivity index (χ0v) is 12.4. The molecule has 1 saturated heterocycles. The van der Waals surface area contributed by atoms with Crippen molar-refractivity contribution in [2.75, 3.05) is 13.2 Å². The van der Waals surface area contributed by atoms with Crippen molar-refractivity contribution in [3.05, 3.63) is 29.6 Å². The van der Waals surface area contributed by atoms with Gasteiger partial charge in [0.25, 0.3) is 0 Å². The van der Waals surface area contributed by atoms with Crippen LogP contribution in [0.15, 0.2) is 23.1 Å². The summed E-state index contributed by atoms with van der Waals surface area (Å²) in [5, 5.41) is 8.89. The highest BCUT2D eigenvalue weighted by Gasteiger charge is 2.34. The molecule has 1 fully saturated rings. The molecule has 116 valence electrons. The van der Waals surface area contributed by atoms with Crippen LogP contribution in [0, 0.1) is 5.82 Å². The zero-order valence-electron chi connectivity index (χ0n) is 11.6. The fourth-order valence-electron chi connectivity index (χ4n) is 2.17. The van der Waals surface area contributed by atoms with E-state index in [0.29, 0.717) is 0 Å². The number of hydrogen-bond acceptors (Lipinski definition) is 4. The van der Waals surface area contributed by atoms with E-state index >= 15 is 0 Å². The van der Waals surface area contributed by atoms with Crippen molar-refractivity contribution in [1.82, 2.24) is 4.31 Å². The molecular formula is C13H16FNO5S. The summed E-state index contributed by atoms with van der Waals surface area (Å²) in [7, 11) is -3.89. The predicted molar refractivity (Wildman–Crippen MR) is 72.1 cm³/mol.